The molecular weight excluding hydrogens is 457 g/mol. The van der Waals surface area contributed by atoms with Gasteiger partial charge in [0.15, 0.2) is 5.76 Å². The van der Waals surface area contributed by atoms with Crippen molar-refractivity contribution in [2.24, 2.45) is 0 Å². The van der Waals surface area contributed by atoms with Crippen LogP contribution in [0.3, 0.4) is 0 Å². The zero-order valence-corrected chi connectivity index (χ0v) is 19.3. The average Bonchev–Trinajstić information content (AvgIpc) is 3.32. The highest BCUT2D eigenvalue weighted by molar-refractivity contribution is 7.47. The first-order valence-electron chi connectivity index (χ1n) is 10.4. The molecule has 2 aromatic heterocycles. The predicted molar refractivity (Wildman–Crippen MR) is 124 cm³/mol. The summed E-state index contributed by atoms with van der Waals surface area (Å²) < 4.78 is 27.8. The lowest BCUT2D eigenvalue weighted by molar-refractivity contribution is -0.711. The van der Waals surface area contributed by atoms with Gasteiger partial charge in [0, 0.05) is 19.6 Å². The number of nitrogen functional groups attached to an aromatic ring is 1. The second kappa shape index (κ2) is 10.3. The Hall–Kier alpha value is -3.33. The molecule has 0 spiro atoms. The van der Waals surface area contributed by atoms with Gasteiger partial charge in [-0.1, -0.05) is 59.8 Å². The van der Waals surface area contributed by atoms with Gasteiger partial charge in [-0.05, 0) is 28.8 Å². The predicted octanol–water partition coefficient (Wildman–Crippen LogP) is 3.60. The molecule has 0 aliphatic heterocycles. The number of nitrogens with zero attached hydrogens (tertiary/aromatic N) is 2. The Morgan fingerprint density at radius 1 is 1.09 bits per heavy atom. The summed E-state index contributed by atoms with van der Waals surface area (Å²) >= 11 is 0. The van der Waals surface area contributed by atoms with Gasteiger partial charge in [-0.2, -0.15) is 0 Å². The van der Waals surface area contributed by atoms with Crippen molar-refractivity contribution in [3.8, 4) is 11.3 Å². The number of pyridine rings is 1. The molecule has 0 aliphatic carbocycles. The fourth-order valence-electron chi connectivity index (χ4n) is 3.45. The van der Waals surface area contributed by atoms with Gasteiger partial charge >= 0.3 is 7.82 Å². The first-order chi connectivity index (χ1) is 16.4. The molecule has 2 aromatic carbocycles. The minimum absolute atomic E-state index is 0.274. The van der Waals surface area contributed by atoms with Gasteiger partial charge in [-0.25, -0.2) is 13.7 Å². The minimum Gasteiger partial charge on any atom is -0.384 e. The molecule has 10 heteroatoms. The topological polar surface area (TPSA) is 132 Å². The van der Waals surface area contributed by atoms with Crippen molar-refractivity contribution in [1.29, 1.82) is 0 Å². The Morgan fingerprint density at radius 3 is 2.50 bits per heavy atom. The number of rotatable bonds is 9. The second-order valence-corrected chi connectivity index (χ2v) is 9.16. The maximum atomic E-state index is 11.5. The van der Waals surface area contributed by atoms with Crippen LogP contribution < -0.4 is 10.3 Å². The van der Waals surface area contributed by atoms with E-state index in [1.165, 1.54) is 4.57 Å². The molecule has 2 heterocycles. The summed E-state index contributed by atoms with van der Waals surface area (Å²) in [7, 11) is -3.05. The van der Waals surface area contributed by atoms with E-state index in [4.69, 9.17) is 14.8 Å². The molecule has 0 fully saturated rings. The number of aromatic nitrogens is 2. The van der Waals surface area contributed by atoms with E-state index in [-0.39, 0.29) is 12.5 Å². The smallest absolute Gasteiger partial charge is 0.384 e. The molecule has 0 amide bonds. The maximum absolute atomic E-state index is 11.5. The number of phosphoric acid groups is 1. The van der Waals surface area contributed by atoms with E-state index in [1.807, 2.05) is 54.6 Å². The molecule has 0 radical (unpaired) electrons. The van der Waals surface area contributed by atoms with E-state index < -0.39 is 13.9 Å². The largest absolute Gasteiger partial charge is 0.475 e. The molecule has 4 N–H and O–H groups in total. The highest BCUT2D eigenvalue weighted by atomic mass is 31.2. The van der Waals surface area contributed by atoms with Crippen LogP contribution in [0.4, 0.5) is 5.82 Å². The van der Waals surface area contributed by atoms with E-state index in [2.05, 4.69) is 9.68 Å². The fourth-order valence-corrected chi connectivity index (χ4v) is 3.82. The van der Waals surface area contributed by atoms with Crippen molar-refractivity contribution in [2.45, 2.75) is 19.3 Å². The number of hydrogen-bond acceptors (Lipinski definition) is 7. The number of phosphoric ester groups is 1. The monoisotopic (exact) mass is 482 g/mol. The summed E-state index contributed by atoms with van der Waals surface area (Å²) in [5, 5.41) is 14.7. The van der Waals surface area contributed by atoms with Crippen molar-refractivity contribution in [3.63, 3.8) is 0 Å². The minimum atomic E-state index is -4.14. The molecule has 176 valence electrons. The van der Waals surface area contributed by atoms with Crippen LogP contribution in [-0.2, 0) is 26.8 Å². The van der Waals surface area contributed by atoms with Crippen LogP contribution in [0.15, 0.2) is 83.5 Å². The van der Waals surface area contributed by atoms with Gasteiger partial charge in [0.25, 0.3) is 5.82 Å². The van der Waals surface area contributed by atoms with Crippen molar-refractivity contribution in [2.75, 3.05) is 12.8 Å². The number of aliphatic hydroxyl groups is 1. The summed E-state index contributed by atoms with van der Waals surface area (Å²) in [5.74, 6) is 0.734. The number of benzene rings is 2. The molecule has 2 atom stereocenters. The number of nitrogens with two attached hydrogens (primary N) is 1. The van der Waals surface area contributed by atoms with E-state index in [0.717, 1.165) is 23.8 Å². The lowest BCUT2D eigenvalue weighted by Gasteiger charge is -2.11. The summed E-state index contributed by atoms with van der Waals surface area (Å²) in [6.07, 6.45) is 1.45. The van der Waals surface area contributed by atoms with Crippen molar-refractivity contribution in [3.05, 3.63) is 101 Å². The molecule has 0 bridgehead atoms. The molecule has 4 rings (SSSR count). The lowest BCUT2D eigenvalue weighted by atomic mass is 9.99. The van der Waals surface area contributed by atoms with E-state index in [1.54, 1.807) is 24.4 Å². The normalized spacial score (nSPS) is 14.0. The molecule has 9 nitrogen and oxygen atoms in total. The van der Waals surface area contributed by atoms with Crippen LogP contribution in [0.5, 0.6) is 0 Å². The number of aliphatic hydroxyl groups excluding tert-OH is 1. The van der Waals surface area contributed by atoms with Crippen LogP contribution in [0, 0.1) is 0 Å². The van der Waals surface area contributed by atoms with Crippen LogP contribution in [0.1, 0.15) is 28.5 Å². The zero-order valence-electron chi connectivity index (χ0n) is 18.4. The molecular formula is C24H25N3O6P+. The van der Waals surface area contributed by atoms with Crippen molar-refractivity contribution in [1.82, 2.24) is 5.16 Å². The number of anilines is 1. The average molecular weight is 482 g/mol. The summed E-state index contributed by atoms with van der Waals surface area (Å²) in [5.41, 5.74) is 10.1. The second-order valence-electron chi connectivity index (χ2n) is 7.60. The van der Waals surface area contributed by atoms with E-state index >= 15 is 0 Å². The van der Waals surface area contributed by atoms with Gasteiger partial charge in [-0.15, -0.1) is 0 Å². The summed E-state index contributed by atoms with van der Waals surface area (Å²) in [6.45, 7) is -0.274. The Morgan fingerprint density at radius 2 is 1.79 bits per heavy atom. The number of hydrogen-bond donors (Lipinski definition) is 3. The third kappa shape index (κ3) is 5.59. The molecule has 34 heavy (non-hydrogen) atoms. The summed E-state index contributed by atoms with van der Waals surface area (Å²) in [4.78, 5) is 9.43. The van der Waals surface area contributed by atoms with Gasteiger partial charge in [0.05, 0.1) is 11.9 Å². The SMILES string of the molecule is COP(=O)(O)OC[n+]1cccc(-c2cc(Cc3ccc(C(O)c4ccccc4)cc3)no2)c1N. The van der Waals surface area contributed by atoms with E-state index in [0.29, 0.717) is 23.4 Å². The van der Waals surface area contributed by atoms with Gasteiger partial charge in [-0.3, -0.25) is 10.3 Å². The third-order valence-electron chi connectivity index (χ3n) is 5.33. The Kier molecular flexibility index (Phi) is 7.21. The van der Waals surface area contributed by atoms with E-state index in [9.17, 15) is 14.6 Å². The van der Waals surface area contributed by atoms with Gasteiger partial charge in [0.2, 0.25) is 6.73 Å². The summed E-state index contributed by atoms with van der Waals surface area (Å²) in [6, 6.07) is 22.4. The molecule has 0 aliphatic rings. The van der Waals surface area contributed by atoms with Gasteiger partial charge < -0.3 is 14.5 Å². The zero-order chi connectivity index (χ0) is 24.1. The molecule has 2 unspecified atom stereocenters. The quantitative estimate of drug-likeness (QED) is 0.244. The molecule has 4 aromatic rings. The van der Waals surface area contributed by atoms with Crippen LogP contribution >= 0.6 is 7.82 Å². The molecule has 0 saturated carbocycles. The standard InChI is InChI=1S/C24H24N3O6P/c1-31-34(29,30)32-16-27-13-5-8-21(24(27)25)22-15-20(26-33-22)14-17-9-11-19(12-10-17)23(28)18-6-3-2-4-7-18/h2-13,15,23,25,28H,14,16H2,1H3,(H,29,30)/p+1. The lowest BCUT2D eigenvalue weighted by Crippen LogP contribution is -2.38. The highest BCUT2D eigenvalue weighted by Gasteiger charge is 2.22. The highest BCUT2D eigenvalue weighted by Crippen LogP contribution is 2.41. The Labute approximate surface area is 196 Å². The maximum Gasteiger partial charge on any atom is 0.475 e. The molecule has 0 saturated heterocycles. The first-order valence-corrected chi connectivity index (χ1v) is 11.9. The first kappa shape index (κ1) is 23.8. The Bertz CT molecular complexity index is 1290. The van der Waals surface area contributed by atoms with Crippen LogP contribution in [0.25, 0.3) is 11.3 Å². The third-order valence-corrected chi connectivity index (χ3v) is 6.23. The van der Waals surface area contributed by atoms with Crippen molar-refractivity contribution < 1.29 is 32.7 Å². The van der Waals surface area contributed by atoms with Crippen LogP contribution in [-0.4, -0.2) is 22.3 Å². The fraction of sp³-hybridized carbons (Fsp3) is 0.167. The van der Waals surface area contributed by atoms with Gasteiger partial charge in [0.1, 0.15) is 11.7 Å². The Balaban J connectivity index is 1.46. The van der Waals surface area contributed by atoms with Crippen LogP contribution in [0.2, 0.25) is 0 Å². The van der Waals surface area contributed by atoms with Crippen molar-refractivity contribution >= 4 is 13.6 Å².